The highest BCUT2D eigenvalue weighted by atomic mass is 19.4. The van der Waals surface area contributed by atoms with Crippen LogP contribution in [0.4, 0.5) is 19.0 Å². The quantitative estimate of drug-likeness (QED) is 0.913. The summed E-state index contributed by atoms with van der Waals surface area (Å²) < 4.78 is 38.2. The van der Waals surface area contributed by atoms with Gasteiger partial charge in [0, 0.05) is 24.7 Å². The van der Waals surface area contributed by atoms with Crippen molar-refractivity contribution in [3.8, 4) is 6.07 Å². The van der Waals surface area contributed by atoms with E-state index < -0.39 is 11.9 Å². The molecule has 0 amide bonds. The Balaban J connectivity index is 1.84. The molecule has 2 aromatic rings. The summed E-state index contributed by atoms with van der Waals surface area (Å²) in [4.78, 5) is 12.7. The van der Waals surface area contributed by atoms with Gasteiger partial charge in [-0.1, -0.05) is 0 Å². The van der Waals surface area contributed by atoms with E-state index in [0.717, 1.165) is 24.7 Å². The van der Waals surface area contributed by atoms with E-state index in [-0.39, 0.29) is 5.92 Å². The molecule has 24 heavy (non-hydrogen) atoms. The number of imidazole rings is 1. The molecule has 0 saturated carbocycles. The van der Waals surface area contributed by atoms with Crippen LogP contribution in [-0.2, 0) is 6.18 Å². The first-order valence-electron chi connectivity index (χ1n) is 7.63. The van der Waals surface area contributed by atoms with Gasteiger partial charge in [-0.2, -0.15) is 18.4 Å². The van der Waals surface area contributed by atoms with Gasteiger partial charge in [0.15, 0.2) is 0 Å². The number of H-pyrrole nitrogens is 1. The van der Waals surface area contributed by atoms with Crippen molar-refractivity contribution in [1.82, 2.24) is 15.0 Å². The predicted molar refractivity (Wildman–Crippen MR) is 81.5 cm³/mol. The van der Waals surface area contributed by atoms with Crippen molar-refractivity contribution in [2.45, 2.75) is 31.9 Å². The molecule has 0 aliphatic carbocycles. The molecule has 0 unspecified atom stereocenters. The first kappa shape index (κ1) is 16.3. The molecule has 5 nitrogen and oxygen atoms in total. The maximum atomic E-state index is 12.7. The van der Waals surface area contributed by atoms with Gasteiger partial charge in [0.2, 0.25) is 0 Å². The zero-order valence-corrected chi connectivity index (χ0v) is 13.1. The van der Waals surface area contributed by atoms with Gasteiger partial charge in [-0.05, 0) is 31.9 Å². The smallest absolute Gasteiger partial charge is 0.355 e. The maximum absolute atomic E-state index is 12.7. The van der Waals surface area contributed by atoms with Gasteiger partial charge in [0.25, 0.3) is 0 Å². The minimum absolute atomic E-state index is 0.149. The Bertz CT molecular complexity index is 775. The number of rotatable bonds is 2. The SMILES string of the molecule is Cc1ccc(C#N)c(N2CCC[C@H](c3ncc(C(F)(F)F)[nH]3)C2)n1. The van der Waals surface area contributed by atoms with Gasteiger partial charge in [0.05, 0.1) is 11.8 Å². The van der Waals surface area contributed by atoms with Crippen molar-refractivity contribution >= 4 is 5.82 Å². The van der Waals surface area contributed by atoms with Gasteiger partial charge < -0.3 is 9.88 Å². The largest absolute Gasteiger partial charge is 0.432 e. The first-order chi connectivity index (χ1) is 11.4. The molecule has 2 aromatic heterocycles. The summed E-state index contributed by atoms with van der Waals surface area (Å²) in [6, 6.07) is 5.61. The number of aryl methyl sites for hydroxylation is 1. The topological polar surface area (TPSA) is 68.6 Å². The normalized spacial score (nSPS) is 18.5. The Morgan fingerprint density at radius 2 is 2.17 bits per heavy atom. The highest BCUT2D eigenvalue weighted by Gasteiger charge is 2.34. The summed E-state index contributed by atoms with van der Waals surface area (Å²) in [7, 11) is 0. The van der Waals surface area contributed by atoms with Crippen LogP contribution < -0.4 is 4.90 Å². The highest BCUT2D eigenvalue weighted by molar-refractivity contribution is 5.54. The summed E-state index contributed by atoms with van der Waals surface area (Å²) in [5.41, 5.74) is 0.432. The lowest BCUT2D eigenvalue weighted by atomic mass is 9.97. The Hall–Kier alpha value is -2.56. The average molecular weight is 335 g/mol. The fourth-order valence-corrected chi connectivity index (χ4v) is 2.95. The number of aromatic amines is 1. The van der Waals surface area contributed by atoms with Crippen LogP contribution in [0.2, 0.25) is 0 Å². The molecule has 1 saturated heterocycles. The second kappa shape index (κ2) is 6.15. The number of piperidine rings is 1. The molecule has 1 aliphatic heterocycles. The number of nitriles is 1. The van der Waals surface area contributed by atoms with E-state index in [4.69, 9.17) is 0 Å². The summed E-state index contributed by atoms with van der Waals surface area (Å²) in [5.74, 6) is 0.770. The number of hydrogen-bond donors (Lipinski definition) is 1. The highest BCUT2D eigenvalue weighted by Crippen LogP contribution is 2.32. The molecule has 0 aromatic carbocycles. The number of aromatic nitrogens is 3. The molecule has 1 N–H and O–H groups in total. The molecule has 0 spiro atoms. The molecule has 8 heteroatoms. The lowest BCUT2D eigenvalue weighted by Gasteiger charge is -2.33. The van der Waals surface area contributed by atoms with Gasteiger partial charge in [-0.15, -0.1) is 0 Å². The number of nitrogens with one attached hydrogen (secondary N) is 1. The fraction of sp³-hybridized carbons (Fsp3) is 0.438. The molecule has 126 valence electrons. The van der Waals surface area contributed by atoms with Crippen LogP contribution in [0, 0.1) is 18.3 Å². The molecule has 3 rings (SSSR count). The second-order valence-corrected chi connectivity index (χ2v) is 5.90. The van der Waals surface area contributed by atoms with E-state index in [0.29, 0.717) is 30.3 Å². The van der Waals surface area contributed by atoms with E-state index in [2.05, 4.69) is 21.0 Å². The third-order valence-corrected chi connectivity index (χ3v) is 4.14. The molecular weight excluding hydrogens is 319 g/mol. The minimum atomic E-state index is -4.42. The lowest BCUT2D eigenvalue weighted by Crippen LogP contribution is -2.36. The van der Waals surface area contributed by atoms with Crippen molar-refractivity contribution in [3.05, 3.63) is 41.1 Å². The van der Waals surface area contributed by atoms with E-state index in [9.17, 15) is 18.4 Å². The Kier molecular flexibility index (Phi) is 4.18. The van der Waals surface area contributed by atoms with Gasteiger partial charge in [0.1, 0.15) is 23.4 Å². The first-order valence-corrected chi connectivity index (χ1v) is 7.63. The van der Waals surface area contributed by atoms with Crippen LogP contribution in [0.3, 0.4) is 0 Å². The fourth-order valence-electron chi connectivity index (χ4n) is 2.95. The molecule has 1 aliphatic rings. The number of pyridine rings is 1. The zero-order chi connectivity index (χ0) is 17.3. The average Bonchev–Trinajstić information content (AvgIpc) is 3.05. The van der Waals surface area contributed by atoms with Crippen LogP contribution in [0.25, 0.3) is 0 Å². The number of hydrogen-bond acceptors (Lipinski definition) is 4. The van der Waals surface area contributed by atoms with Gasteiger partial charge in [-0.3, -0.25) is 0 Å². The number of nitrogens with zero attached hydrogens (tertiary/aromatic N) is 4. The van der Waals surface area contributed by atoms with E-state index in [1.807, 2.05) is 11.8 Å². The van der Waals surface area contributed by atoms with Crippen molar-refractivity contribution in [2.75, 3.05) is 18.0 Å². The van der Waals surface area contributed by atoms with Crippen LogP contribution in [0.5, 0.6) is 0 Å². The van der Waals surface area contributed by atoms with Gasteiger partial charge in [-0.25, -0.2) is 9.97 Å². The van der Waals surface area contributed by atoms with Crippen LogP contribution in [0.15, 0.2) is 18.3 Å². The number of halogens is 3. The van der Waals surface area contributed by atoms with E-state index in [1.54, 1.807) is 12.1 Å². The lowest BCUT2D eigenvalue weighted by molar-refractivity contribution is -0.141. The molecule has 0 radical (unpaired) electrons. The van der Waals surface area contributed by atoms with E-state index in [1.165, 1.54) is 0 Å². The summed E-state index contributed by atoms with van der Waals surface area (Å²) in [6.07, 6.45) is -2.05. The van der Waals surface area contributed by atoms with Crippen molar-refractivity contribution in [1.29, 1.82) is 5.26 Å². The molecule has 1 atom stereocenters. The summed E-state index contributed by atoms with van der Waals surface area (Å²) in [5, 5.41) is 9.26. The maximum Gasteiger partial charge on any atom is 0.432 e. The Labute approximate surface area is 137 Å². The third-order valence-electron chi connectivity index (χ3n) is 4.14. The second-order valence-electron chi connectivity index (χ2n) is 5.90. The Morgan fingerprint density at radius 1 is 1.38 bits per heavy atom. The van der Waals surface area contributed by atoms with Crippen molar-refractivity contribution in [2.24, 2.45) is 0 Å². The van der Waals surface area contributed by atoms with Crippen molar-refractivity contribution < 1.29 is 13.2 Å². The molecular formula is C16H16F3N5. The van der Waals surface area contributed by atoms with Crippen LogP contribution >= 0.6 is 0 Å². The molecule has 1 fully saturated rings. The third kappa shape index (κ3) is 3.20. The molecule has 0 bridgehead atoms. The zero-order valence-electron chi connectivity index (χ0n) is 13.1. The minimum Gasteiger partial charge on any atom is -0.355 e. The van der Waals surface area contributed by atoms with Crippen molar-refractivity contribution in [3.63, 3.8) is 0 Å². The van der Waals surface area contributed by atoms with Gasteiger partial charge >= 0.3 is 6.18 Å². The standard InChI is InChI=1S/C16H16F3N5/c1-10-4-5-11(7-20)15(22-10)24-6-2-3-12(9-24)14-21-8-13(23-14)16(17,18)19/h4-5,8,12H,2-3,6,9H2,1H3,(H,21,23)/t12-/m0/s1. The Morgan fingerprint density at radius 3 is 2.83 bits per heavy atom. The number of alkyl halides is 3. The predicted octanol–water partition coefficient (Wildman–Crippen LogP) is 3.39. The molecule has 3 heterocycles. The monoisotopic (exact) mass is 335 g/mol. The summed E-state index contributed by atoms with van der Waals surface area (Å²) >= 11 is 0. The van der Waals surface area contributed by atoms with Crippen LogP contribution in [-0.4, -0.2) is 28.0 Å². The van der Waals surface area contributed by atoms with E-state index >= 15 is 0 Å². The number of anilines is 1. The van der Waals surface area contributed by atoms with Crippen LogP contribution in [0.1, 0.15) is 41.5 Å². The summed E-state index contributed by atoms with van der Waals surface area (Å²) in [6.45, 7) is 3.04.